The molecule has 3 heteroatoms. The summed E-state index contributed by atoms with van der Waals surface area (Å²) in [6, 6.07) is 4.86. The standard InChI is InChI=1S/C9H13FN2/c1-6-5-7(9(11)12-2)3-4-8(6)10/h3-5,9,12H,11H2,1-2H3. The van der Waals surface area contributed by atoms with E-state index in [0.29, 0.717) is 5.56 Å². The summed E-state index contributed by atoms with van der Waals surface area (Å²) in [6.07, 6.45) is -0.218. The zero-order chi connectivity index (χ0) is 9.14. The number of benzene rings is 1. The Kier molecular flexibility index (Phi) is 2.78. The van der Waals surface area contributed by atoms with Crippen LogP contribution in [-0.4, -0.2) is 7.05 Å². The fraction of sp³-hybridized carbons (Fsp3) is 0.333. The predicted molar refractivity (Wildman–Crippen MR) is 47.1 cm³/mol. The van der Waals surface area contributed by atoms with Gasteiger partial charge in [-0.05, 0) is 31.2 Å². The van der Waals surface area contributed by atoms with Gasteiger partial charge in [-0.2, -0.15) is 0 Å². The van der Waals surface area contributed by atoms with Gasteiger partial charge in [0.05, 0.1) is 6.17 Å². The molecule has 0 aliphatic heterocycles. The van der Waals surface area contributed by atoms with Crippen LogP contribution in [0.2, 0.25) is 0 Å². The molecule has 1 aromatic rings. The van der Waals surface area contributed by atoms with E-state index in [1.165, 1.54) is 6.07 Å². The summed E-state index contributed by atoms with van der Waals surface area (Å²) in [5.74, 6) is -0.193. The SMILES string of the molecule is CNC(N)c1ccc(F)c(C)c1. The van der Waals surface area contributed by atoms with Crippen molar-refractivity contribution in [1.29, 1.82) is 0 Å². The first-order valence-corrected chi connectivity index (χ1v) is 3.84. The zero-order valence-electron chi connectivity index (χ0n) is 7.26. The fourth-order valence-electron chi connectivity index (χ4n) is 1.03. The largest absolute Gasteiger partial charge is 0.312 e. The second kappa shape index (κ2) is 3.65. The summed E-state index contributed by atoms with van der Waals surface area (Å²) in [7, 11) is 1.77. The number of hydrogen-bond donors (Lipinski definition) is 2. The molecule has 0 heterocycles. The van der Waals surface area contributed by atoms with E-state index in [2.05, 4.69) is 5.32 Å². The predicted octanol–water partition coefficient (Wildman–Crippen LogP) is 1.31. The van der Waals surface area contributed by atoms with Crippen molar-refractivity contribution in [2.24, 2.45) is 5.73 Å². The molecule has 1 atom stereocenters. The van der Waals surface area contributed by atoms with E-state index >= 15 is 0 Å². The molecule has 0 aliphatic rings. The molecule has 0 saturated heterocycles. The number of halogens is 1. The molecule has 1 rings (SSSR count). The van der Waals surface area contributed by atoms with Gasteiger partial charge in [-0.3, -0.25) is 0 Å². The molecule has 1 aromatic carbocycles. The Balaban J connectivity index is 2.96. The smallest absolute Gasteiger partial charge is 0.126 e. The Morgan fingerprint density at radius 2 is 2.17 bits per heavy atom. The third kappa shape index (κ3) is 1.81. The van der Waals surface area contributed by atoms with Crippen LogP contribution in [0, 0.1) is 12.7 Å². The van der Waals surface area contributed by atoms with Crippen molar-refractivity contribution in [2.45, 2.75) is 13.1 Å². The van der Waals surface area contributed by atoms with Crippen LogP contribution >= 0.6 is 0 Å². The van der Waals surface area contributed by atoms with E-state index in [4.69, 9.17) is 5.73 Å². The highest BCUT2D eigenvalue weighted by Gasteiger charge is 2.04. The van der Waals surface area contributed by atoms with E-state index in [1.807, 2.05) is 0 Å². The van der Waals surface area contributed by atoms with Crippen molar-refractivity contribution in [3.8, 4) is 0 Å². The van der Waals surface area contributed by atoms with Gasteiger partial charge < -0.3 is 11.1 Å². The molecule has 66 valence electrons. The zero-order valence-corrected chi connectivity index (χ0v) is 7.26. The molecule has 0 saturated carbocycles. The van der Waals surface area contributed by atoms with E-state index < -0.39 is 0 Å². The van der Waals surface area contributed by atoms with Crippen LogP contribution in [0.3, 0.4) is 0 Å². The summed E-state index contributed by atoms with van der Waals surface area (Å²) in [5.41, 5.74) is 7.20. The van der Waals surface area contributed by atoms with Crippen molar-refractivity contribution in [2.75, 3.05) is 7.05 Å². The summed E-state index contributed by atoms with van der Waals surface area (Å²) < 4.78 is 12.8. The van der Waals surface area contributed by atoms with E-state index in [9.17, 15) is 4.39 Å². The van der Waals surface area contributed by atoms with E-state index in [0.717, 1.165) is 5.56 Å². The molecule has 2 nitrogen and oxygen atoms in total. The van der Waals surface area contributed by atoms with Gasteiger partial charge in [-0.1, -0.05) is 12.1 Å². The molecule has 1 unspecified atom stereocenters. The second-order valence-corrected chi connectivity index (χ2v) is 2.77. The highest BCUT2D eigenvalue weighted by atomic mass is 19.1. The maximum absolute atomic E-state index is 12.8. The van der Waals surface area contributed by atoms with E-state index in [-0.39, 0.29) is 12.0 Å². The van der Waals surface area contributed by atoms with Gasteiger partial charge >= 0.3 is 0 Å². The van der Waals surface area contributed by atoms with Crippen LogP contribution in [0.1, 0.15) is 17.3 Å². The molecule has 3 N–H and O–H groups in total. The van der Waals surface area contributed by atoms with E-state index in [1.54, 1.807) is 26.1 Å². The average Bonchev–Trinajstić information content (AvgIpc) is 2.08. The Labute approximate surface area is 71.6 Å². The quantitative estimate of drug-likeness (QED) is 0.653. The van der Waals surface area contributed by atoms with Crippen molar-refractivity contribution in [1.82, 2.24) is 5.32 Å². The first-order chi connectivity index (χ1) is 5.65. The minimum atomic E-state index is -0.218. The Hall–Kier alpha value is -0.930. The second-order valence-electron chi connectivity index (χ2n) is 2.77. The molecule has 0 aliphatic carbocycles. The minimum Gasteiger partial charge on any atom is -0.312 e. The van der Waals surface area contributed by atoms with Crippen molar-refractivity contribution in [3.05, 3.63) is 35.1 Å². The highest BCUT2D eigenvalue weighted by molar-refractivity contribution is 5.25. The van der Waals surface area contributed by atoms with Gasteiger partial charge in [0, 0.05) is 0 Å². The summed E-state index contributed by atoms with van der Waals surface area (Å²) in [4.78, 5) is 0. The van der Waals surface area contributed by atoms with Gasteiger partial charge in [0.1, 0.15) is 5.82 Å². The van der Waals surface area contributed by atoms with Gasteiger partial charge in [0.25, 0.3) is 0 Å². The van der Waals surface area contributed by atoms with Crippen LogP contribution in [-0.2, 0) is 0 Å². The summed E-state index contributed by atoms with van der Waals surface area (Å²) in [5, 5.41) is 2.88. The molecule has 0 radical (unpaired) electrons. The third-order valence-electron chi connectivity index (χ3n) is 1.85. The Bertz CT molecular complexity index is 273. The number of hydrogen-bond acceptors (Lipinski definition) is 2. The lowest BCUT2D eigenvalue weighted by atomic mass is 10.1. The number of nitrogens with two attached hydrogens (primary N) is 1. The first kappa shape index (κ1) is 9.16. The van der Waals surface area contributed by atoms with Crippen LogP contribution < -0.4 is 11.1 Å². The van der Waals surface area contributed by atoms with Crippen LogP contribution in [0.4, 0.5) is 4.39 Å². The summed E-state index contributed by atoms with van der Waals surface area (Å²) in [6.45, 7) is 1.72. The number of nitrogens with one attached hydrogen (secondary N) is 1. The molecule has 0 bridgehead atoms. The average molecular weight is 168 g/mol. The lowest BCUT2D eigenvalue weighted by Gasteiger charge is -2.11. The van der Waals surface area contributed by atoms with Crippen molar-refractivity contribution in [3.63, 3.8) is 0 Å². The first-order valence-electron chi connectivity index (χ1n) is 3.84. The minimum absolute atomic E-state index is 0.193. The van der Waals surface area contributed by atoms with Gasteiger partial charge in [0.15, 0.2) is 0 Å². The monoisotopic (exact) mass is 168 g/mol. The molecule has 12 heavy (non-hydrogen) atoms. The highest BCUT2D eigenvalue weighted by Crippen LogP contribution is 2.12. The van der Waals surface area contributed by atoms with Gasteiger partial charge in [-0.15, -0.1) is 0 Å². The maximum atomic E-state index is 12.8. The van der Waals surface area contributed by atoms with Crippen molar-refractivity contribution >= 4 is 0 Å². The molecule has 0 fully saturated rings. The lowest BCUT2D eigenvalue weighted by Crippen LogP contribution is -2.24. The fourth-order valence-corrected chi connectivity index (χ4v) is 1.03. The van der Waals surface area contributed by atoms with Gasteiger partial charge in [0.2, 0.25) is 0 Å². The number of aryl methyl sites for hydroxylation is 1. The van der Waals surface area contributed by atoms with Crippen LogP contribution in [0.15, 0.2) is 18.2 Å². The number of rotatable bonds is 2. The molecule has 0 aromatic heterocycles. The van der Waals surface area contributed by atoms with Crippen molar-refractivity contribution < 1.29 is 4.39 Å². The molecule has 0 spiro atoms. The van der Waals surface area contributed by atoms with Crippen LogP contribution in [0.5, 0.6) is 0 Å². The Morgan fingerprint density at radius 1 is 1.50 bits per heavy atom. The molecular weight excluding hydrogens is 155 g/mol. The topological polar surface area (TPSA) is 38.0 Å². The normalized spacial score (nSPS) is 13.0. The third-order valence-corrected chi connectivity index (χ3v) is 1.85. The Morgan fingerprint density at radius 3 is 2.67 bits per heavy atom. The maximum Gasteiger partial charge on any atom is 0.126 e. The molecular formula is C9H13FN2. The van der Waals surface area contributed by atoms with Crippen LogP contribution in [0.25, 0.3) is 0 Å². The molecule has 0 amide bonds. The summed E-state index contributed by atoms with van der Waals surface area (Å²) >= 11 is 0. The lowest BCUT2D eigenvalue weighted by molar-refractivity contribution is 0.601. The van der Waals surface area contributed by atoms with Gasteiger partial charge in [-0.25, -0.2) is 4.39 Å².